The highest BCUT2D eigenvalue weighted by Crippen LogP contribution is 2.15. The summed E-state index contributed by atoms with van der Waals surface area (Å²) in [7, 11) is -3.11. The number of aromatic nitrogens is 2. The van der Waals surface area contributed by atoms with Gasteiger partial charge < -0.3 is 4.90 Å². The van der Waals surface area contributed by atoms with E-state index < -0.39 is 10.0 Å². The molecule has 1 aliphatic rings. The molecule has 0 aliphatic carbocycles. The Balaban J connectivity index is 1.91. The molecular formula is C10H16N4O2S. The smallest absolute Gasteiger partial charge is 0.225 e. The summed E-state index contributed by atoms with van der Waals surface area (Å²) in [6.07, 6.45) is 6.18. The zero-order valence-electron chi connectivity index (χ0n) is 9.70. The standard InChI is InChI=1S/C10H16N4O2S/c1-17(15,16)13-9-3-7-14(8-4-9)10-11-5-2-6-12-10/h2,5-6,9,13H,3-4,7-8H2,1H3. The first-order chi connectivity index (χ1) is 8.04. The molecule has 1 aromatic rings. The highest BCUT2D eigenvalue weighted by atomic mass is 32.2. The van der Waals surface area contributed by atoms with E-state index in [9.17, 15) is 8.42 Å². The minimum absolute atomic E-state index is 0.0324. The molecule has 0 unspecified atom stereocenters. The molecule has 0 aromatic carbocycles. The molecule has 0 bridgehead atoms. The Hall–Kier alpha value is -1.21. The number of nitrogens with one attached hydrogen (secondary N) is 1. The Bertz CT molecular complexity index is 454. The molecule has 0 atom stereocenters. The second kappa shape index (κ2) is 4.97. The van der Waals surface area contributed by atoms with Gasteiger partial charge in [0.15, 0.2) is 0 Å². The van der Waals surface area contributed by atoms with Crippen molar-refractivity contribution in [1.29, 1.82) is 0 Å². The predicted molar refractivity (Wildman–Crippen MR) is 65.2 cm³/mol. The van der Waals surface area contributed by atoms with Crippen LogP contribution in [0.1, 0.15) is 12.8 Å². The number of hydrogen-bond acceptors (Lipinski definition) is 5. The average molecular weight is 256 g/mol. The van der Waals surface area contributed by atoms with E-state index in [2.05, 4.69) is 19.6 Å². The molecule has 0 amide bonds. The number of rotatable bonds is 3. The molecule has 7 heteroatoms. The van der Waals surface area contributed by atoms with Gasteiger partial charge in [0.25, 0.3) is 0 Å². The summed E-state index contributed by atoms with van der Waals surface area (Å²) < 4.78 is 24.8. The topological polar surface area (TPSA) is 75.2 Å². The summed E-state index contributed by atoms with van der Waals surface area (Å²) in [5.41, 5.74) is 0. The van der Waals surface area contributed by atoms with Crippen molar-refractivity contribution in [1.82, 2.24) is 14.7 Å². The van der Waals surface area contributed by atoms with Gasteiger partial charge in [-0.2, -0.15) is 0 Å². The predicted octanol–water partition coefficient (Wildman–Crippen LogP) is -0.00540. The summed E-state index contributed by atoms with van der Waals surface area (Å²) in [4.78, 5) is 10.4. The van der Waals surface area contributed by atoms with E-state index in [1.165, 1.54) is 6.26 Å². The zero-order valence-corrected chi connectivity index (χ0v) is 10.5. The van der Waals surface area contributed by atoms with Gasteiger partial charge in [0, 0.05) is 31.5 Å². The van der Waals surface area contributed by atoms with E-state index in [1.54, 1.807) is 18.5 Å². The second-order valence-corrected chi connectivity index (χ2v) is 5.98. The molecule has 1 aromatic heterocycles. The van der Waals surface area contributed by atoms with Crippen molar-refractivity contribution in [3.8, 4) is 0 Å². The molecule has 1 saturated heterocycles. The zero-order chi connectivity index (χ0) is 12.3. The Morgan fingerprint density at radius 2 is 1.88 bits per heavy atom. The molecule has 1 aliphatic heterocycles. The fourth-order valence-electron chi connectivity index (χ4n) is 1.95. The molecular weight excluding hydrogens is 240 g/mol. The van der Waals surface area contributed by atoms with Crippen molar-refractivity contribution in [2.24, 2.45) is 0 Å². The van der Waals surface area contributed by atoms with Crippen molar-refractivity contribution in [2.75, 3.05) is 24.2 Å². The number of sulfonamides is 1. The van der Waals surface area contributed by atoms with Gasteiger partial charge in [-0.15, -0.1) is 0 Å². The fraction of sp³-hybridized carbons (Fsp3) is 0.600. The van der Waals surface area contributed by atoms with Crippen LogP contribution in [0.15, 0.2) is 18.5 Å². The third-order valence-electron chi connectivity index (χ3n) is 2.71. The number of piperidine rings is 1. The van der Waals surface area contributed by atoms with Crippen molar-refractivity contribution >= 4 is 16.0 Å². The van der Waals surface area contributed by atoms with Crippen LogP contribution in [0.25, 0.3) is 0 Å². The lowest BCUT2D eigenvalue weighted by Crippen LogP contribution is -2.44. The monoisotopic (exact) mass is 256 g/mol. The summed E-state index contributed by atoms with van der Waals surface area (Å²) in [5.74, 6) is 0.713. The van der Waals surface area contributed by atoms with Gasteiger partial charge >= 0.3 is 0 Å². The van der Waals surface area contributed by atoms with E-state index >= 15 is 0 Å². The number of nitrogens with zero attached hydrogens (tertiary/aromatic N) is 3. The Morgan fingerprint density at radius 3 is 2.41 bits per heavy atom. The molecule has 17 heavy (non-hydrogen) atoms. The van der Waals surface area contributed by atoms with Gasteiger partial charge in [0.2, 0.25) is 16.0 Å². The molecule has 2 heterocycles. The molecule has 2 rings (SSSR count). The van der Waals surface area contributed by atoms with Crippen molar-refractivity contribution in [3.63, 3.8) is 0 Å². The summed E-state index contributed by atoms with van der Waals surface area (Å²) in [5, 5.41) is 0. The van der Waals surface area contributed by atoms with Crippen molar-refractivity contribution < 1.29 is 8.42 Å². The number of hydrogen-bond donors (Lipinski definition) is 1. The first kappa shape index (κ1) is 12.3. The normalized spacial score (nSPS) is 18.3. The van der Waals surface area contributed by atoms with E-state index in [1.807, 2.05) is 0 Å². The van der Waals surface area contributed by atoms with E-state index in [-0.39, 0.29) is 6.04 Å². The van der Waals surface area contributed by atoms with Crippen LogP contribution in [0.2, 0.25) is 0 Å². The highest BCUT2D eigenvalue weighted by molar-refractivity contribution is 7.88. The maximum absolute atomic E-state index is 11.1. The molecule has 0 radical (unpaired) electrons. The highest BCUT2D eigenvalue weighted by Gasteiger charge is 2.22. The van der Waals surface area contributed by atoms with Crippen LogP contribution in [-0.2, 0) is 10.0 Å². The minimum Gasteiger partial charge on any atom is -0.341 e. The molecule has 1 N–H and O–H groups in total. The van der Waals surface area contributed by atoms with Gasteiger partial charge in [-0.25, -0.2) is 23.1 Å². The fourth-order valence-corrected chi connectivity index (χ4v) is 2.80. The van der Waals surface area contributed by atoms with Gasteiger partial charge in [0.1, 0.15) is 0 Å². The third-order valence-corrected chi connectivity index (χ3v) is 3.47. The Labute approximate surface area is 101 Å². The molecule has 0 saturated carbocycles. The maximum atomic E-state index is 11.1. The largest absolute Gasteiger partial charge is 0.341 e. The Morgan fingerprint density at radius 1 is 1.29 bits per heavy atom. The van der Waals surface area contributed by atoms with Crippen molar-refractivity contribution in [2.45, 2.75) is 18.9 Å². The van der Waals surface area contributed by atoms with Gasteiger partial charge in [-0.3, -0.25) is 0 Å². The lowest BCUT2D eigenvalue weighted by molar-refractivity contribution is 0.458. The van der Waals surface area contributed by atoms with E-state index in [0.717, 1.165) is 25.9 Å². The Kier molecular flexibility index (Phi) is 3.58. The van der Waals surface area contributed by atoms with Crippen LogP contribution in [0.5, 0.6) is 0 Å². The van der Waals surface area contributed by atoms with E-state index in [4.69, 9.17) is 0 Å². The van der Waals surface area contributed by atoms with Gasteiger partial charge in [0.05, 0.1) is 6.26 Å². The average Bonchev–Trinajstić information content (AvgIpc) is 2.29. The van der Waals surface area contributed by atoms with Gasteiger partial charge in [-0.05, 0) is 18.9 Å². The first-order valence-corrected chi connectivity index (χ1v) is 7.43. The van der Waals surface area contributed by atoms with Crippen molar-refractivity contribution in [3.05, 3.63) is 18.5 Å². The van der Waals surface area contributed by atoms with Crippen LogP contribution in [0, 0.1) is 0 Å². The summed E-state index contributed by atoms with van der Waals surface area (Å²) >= 11 is 0. The van der Waals surface area contributed by atoms with Crippen LogP contribution in [-0.4, -0.2) is 43.8 Å². The van der Waals surface area contributed by atoms with Gasteiger partial charge in [-0.1, -0.05) is 0 Å². The SMILES string of the molecule is CS(=O)(=O)NC1CCN(c2ncccn2)CC1. The first-order valence-electron chi connectivity index (χ1n) is 5.54. The summed E-state index contributed by atoms with van der Waals surface area (Å²) in [6, 6.07) is 1.81. The van der Waals surface area contributed by atoms with Crippen LogP contribution >= 0.6 is 0 Å². The summed E-state index contributed by atoms with van der Waals surface area (Å²) in [6.45, 7) is 1.55. The van der Waals surface area contributed by atoms with Crippen LogP contribution in [0.4, 0.5) is 5.95 Å². The van der Waals surface area contributed by atoms with Crippen LogP contribution in [0.3, 0.4) is 0 Å². The lowest BCUT2D eigenvalue weighted by atomic mass is 10.1. The number of anilines is 1. The minimum atomic E-state index is -3.11. The molecule has 1 fully saturated rings. The quantitative estimate of drug-likeness (QED) is 0.823. The van der Waals surface area contributed by atoms with Crippen LogP contribution < -0.4 is 9.62 Å². The maximum Gasteiger partial charge on any atom is 0.225 e. The molecule has 0 spiro atoms. The molecule has 94 valence electrons. The molecule has 6 nitrogen and oxygen atoms in total. The second-order valence-electron chi connectivity index (χ2n) is 4.20. The van der Waals surface area contributed by atoms with E-state index in [0.29, 0.717) is 5.95 Å². The third kappa shape index (κ3) is 3.64. The lowest BCUT2D eigenvalue weighted by Gasteiger charge is -2.31.